The Morgan fingerprint density at radius 2 is 2.38 bits per heavy atom. The fourth-order valence-electron chi connectivity index (χ4n) is 1.10. The molecule has 0 fully saturated rings. The number of aromatic nitrogens is 5. The third-order valence-corrected chi connectivity index (χ3v) is 2.62. The minimum Gasteiger partial charge on any atom is -0.308 e. The molecule has 0 aliphatic rings. The zero-order valence-electron chi connectivity index (χ0n) is 8.64. The molecule has 0 amide bonds. The van der Waals surface area contributed by atoms with E-state index in [1.54, 1.807) is 6.07 Å². The molecule has 0 saturated heterocycles. The van der Waals surface area contributed by atoms with Gasteiger partial charge in [0.1, 0.15) is 23.0 Å². The summed E-state index contributed by atoms with van der Waals surface area (Å²) >= 11 is 1.38. The number of hydrazine groups is 1. The minimum atomic E-state index is 0.592. The quantitative estimate of drug-likeness (QED) is 0.406. The maximum Gasteiger partial charge on any atom is 0.189 e. The lowest BCUT2D eigenvalue weighted by atomic mass is 10.4. The van der Waals surface area contributed by atoms with Gasteiger partial charge in [-0.05, 0) is 11.8 Å². The van der Waals surface area contributed by atoms with Crippen LogP contribution in [0.5, 0.6) is 0 Å². The second-order valence-electron chi connectivity index (χ2n) is 2.90. The summed E-state index contributed by atoms with van der Waals surface area (Å²) in [5, 5.41) is 7.97. The highest BCUT2D eigenvalue weighted by molar-refractivity contribution is 7.99. The molecule has 7 nitrogen and oxygen atoms in total. The number of hydrogen-bond donors (Lipinski definition) is 3. The van der Waals surface area contributed by atoms with Crippen molar-refractivity contribution < 1.29 is 0 Å². The van der Waals surface area contributed by atoms with E-state index in [4.69, 9.17) is 5.84 Å². The Labute approximate surface area is 96.3 Å². The standard InChI is InChI=1S/C8H11N7S/c1-2-5-12-6(14-9)3-7(13-5)16-8-10-4-11-15-8/h3-4H,2,9H2,1H3,(H,10,11,15)(H,12,13,14). The predicted molar refractivity (Wildman–Crippen MR) is 59.7 cm³/mol. The van der Waals surface area contributed by atoms with Crippen molar-refractivity contribution in [2.75, 3.05) is 5.43 Å². The molecule has 8 heteroatoms. The summed E-state index contributed by atoms with van der Waals surface area (Å²) in [6.07, 6.45) is 2.20. The average Bonchev–Trinajstić information content (AvgIpc) is 2.81. The van der Waals surface area contributed by atoms with Crippen LogP contribution in [0, 0.1) is 0 Å². The van der Waals surface area contributed by atoms with Crippen LogP contribution < -0.4 is 11.3 Å². The van der Waals surface area contributed by atoms with E-state index in [9.17, 15) is 0 Å². The summed E-state index contributed by atoms with van der Waals surface area (Å²) < 4.78 is 0. The number of nitrogens with two attached hydrogens (primary N) is 1. The summed E-state index contributed by atoms with van der Waals surface area (Å²) in [7, 11) is 0. The second kappa shape index (κ2) is 4.90. The van der Waals surface area contributed by atoms with Gasteiger partial charge < -0.3 is 5.43 Å². The fourth-order valence-corrected chi connectivity index (χ4v) is 1.82. The van der Waals surface area contributed by atoms with Crippen LogP contribution in [0.1, 0.15) is 12.7 Å². The third kappa shape index (κ3) is 2.47. The summed E-state index contributed by atoms with van der Waals surface area (Å²) in [5.41, 5.74) is 2.51. The third-order valence-electron chi connectivity index (χ3n) is 1.81. The van der Waals surface area contributed by atoms with Gasteiger partial charge in [-0.3, -0.25) is 5.10 Å². The molecule has 2 aromatic heterocycles. The first kappa shape index (κ1) is 10.8. The molecule has 0 radical (unpaired) electrons. The van der Waals surface area contributed by atoms with Crippen LogP contribution in [0.25, 0.3) is 0 Å². The van der Waals surface area contributed by atoms with E-state index in [2.05, 4.69) is 30.6 Å². The van der Waals surface area contributed by atoms with Crippen molar-refractivity contribution in [2.45, 2.75) is 23.5 Å². The Hall–Kier alpha value is -1.67. The second-order valence-corrected chi connectivity index (χ2v) is 3.91. The average molecular weight is 237 g/mol. The molecule has 2 aromatic rings. The number of aryl methyl sites for hydroxylation is 1. The molecule has 0 aliphatic carbocycles. The van der Waals surface area contributed by atoms with E-state index in [0.717, 1.165) is 17.3 Å². The van der Waals surface area contributed by atoms with Crippen LogP contribution in [0.3, 0.4) is 0 Å². The molecular formula is C8H11N7S. The largest absolute Gasteiger partial charge is 0.308 e. The van der Waals surface area contributed by atoms with Crippen molar-refractivity contribution in [3.8, 4) is 0 Å². The molecule has 16 heavy (non-hydrogen) atoms. The van der Waals surface area contributed by atoms with Gasteiger partial charge in [0.2, 0.25) is 0 Å². The van der Waals surface area contributed by atoms with Gasteiger partial charge >= 0.3 is 0 Å². The Morgan fingerprint density at radius 3 is 3.00 bits per heavy atom. The maximum absolute atomic E-state index is 5.33. The van der Waals surface area contributed by atoms with E-state index in [0.29, 0.717) is 11.0 Å². The number of H-pyrrole nitrogens is 1. The molecule has 0 aromatic carbocycles. The zero-order valence-corrected chi connectivity index (χ0v) is 9.45. The highest BCUT2D eigenvalue weighted by atomic mass is 32.2. The van der Waals surface area contributed by atoms with E-state index in [1.807, 2.05) is 6.92 Å². The number of hydrogen-bond acceptors (Lipinski definition) is 7. The van der Waals surface area contributed by atoms with Crippen LogP contribution >= 0.6 is 11.8 Å². The summed E-state index contributed by atoms with van der Waals surface area (Å²) in [6, 6.07) is 1.76. The summed E-state index contributed by atoms with van der Waals surface area (Å²) in [6.45, 7) is 1.98. The molecule has 0 saturated carbocycles. The minimum absolute atomic E-state index is 0.592. The maximum atomic E-state index is 5.33. The first-order valence-electron chi connectivity index (χ1n) is 4.69. The first-order valence-corrected chi connectivity index (χ1v) is 5.51. The van der Waals surface area contributed by atoms with Gasteiger partial charge in [-0.2, -0.15) is 5.10 Å². The van der Waals surface area contributed by atoms with Crippen LogP contribution in [0.4, 0.5) is 5.82 Å². The van der Waals surface area contributed by atoms with Crippen molar-refractivity contribution in [2.24, 2.45) is 5.84 Å². The normalized spacial score (nSPS) is 10.4. The van der Waals surface area contributed by atoms with Crippen molar-refractivity contribution in [1.29, 1.82) is 0 Å². The van der Waals surface area contributed by atoms with E-state index in [1.165, 1.54) is 18.1 Å². The van der Waals surface area contributed by atoms with Crippen LogP contribution in [0.15, 0.2) is 22.6 Å². The monoisotopic (exact) mass is 237 g/mol. The SMILES string of the molecule is CCc1nc(NN)cc(Sc2ncn[nH]2)n1. The summed E-state index contributed by atoms with van der Waals surface area (Å²) in [4.78, 5) is 12.5. The summed E-state index contributed by atoms with van der Waals surface area (Å²) in [5.74, 6) is 6.66. The zero-order chi connectivity index (χ0) is 11.4. The molecular weight excluding hydrogens is 226 g/mol. The van der Waals surface area contributed by atoms with Gasteiger partial charge in [-0.1, -0.05) is 6.92 Å². The lowest BCUT2D eigenvalue weighted by Gasteiger charge is -2.04. The highest BCUT2D eigenvalue weighted by Crippen LogP contribution is 2.23. The molecule has 0 spiro atoms. The first-order chi connectivity index (χ1) is 7.81. The lowest BCUT2D eigenvalue weighted by molar-refractivity contribution is 0.883. The van der Waals surface area contributed by atoms with Gasteiger partial charge in [-0.15, -0.1) is 0 Å². The van der Waals surface area contributed by atoms with Crippen LogP contribution in [0.2, 0.25) is 0 Å². The van der Waals surface area contributed by atoms with Crippen LogP contribution in [-0.4, -0.2) is 25.1 Å². The van der Waals surface area contributed by atoms with E-state index in [-0.39, 0.29) is 0 Å². The molecule has 0 unspecified atom stereocenters. The molecule has 0 atom stereocenters. The number of nitrogens with zero attached hydrogens (tertiary/aromatic N) is 4. The Balaban J connectivity index is 2.26. The lowest BCUT2D eigenvalue weighted by Crippen LogP contribution is -2.10. The van der Waals surface area contributed by atoms with Gasteiger partial charge in [0, 0.05) is 12.5 Å². The predicted octanol–water partition coefficient (Wildman–Crippen LogP) is 0.594. The van der Waals surface area contributed by atoms with Crippen molar-refractivity contribution >= 4 is 17.6 Å². The van der Waals surface area contributed by atoms with Crippen molar-refractivity contribution in [1.82, 2.24) is 25.1 Å². The number of nitrogens with one attached hydrogen (secondary N) is 2. The van der Waals surface area contributed by atoms with Gasteiger partial charge in [0.15, 0.2) is 5.16 Å². The molecule has 4 N–H and O–H groups in total. The molecule has 0 bridgehead atoms. The molecule has 2 rings (SSSR count). The van der Waals surface area contributed by atoms with Crippen molar-refractivity contribution in [3.63, 3.8) is 0 Å². The Morgan fingerprint density at radius 1 is 1.50 bits per heavy atom. The topological polar surface area (TPSA) is 105 Å². The molecule has 0 aliphatic heterocycles. The number of rotatable bonds is 4. The Bertz CT molecular complexity index is 433. The number of anilines is 1. The highest BCUT2D eigenvalue weighted by Gasteiger charge is 2.06. The number of nitrogen functional groups attached to an aromatic ring is 1. The van der Waals surface area contributed by atoms with Gasteiger partial charge in [0.05, 0.1) is 0 Å². The van der Waals surface area contributed by atoms with Gasteiger partial charge in [0.25, 0.3) is 0 Å². The van der Waals surface area contributed by atoms with E-state index < -0.39 is 0 Å². The molecule has 84 valence electrons. The fraction of sp³-hybridized carbons (Fsp3) is 0.250. The van der Waals surface area contributed by atoms with E-state index >= 15 is 0 Å². The van der Waals surface area contributed by atoms with Crippen LogP contribution in [-0.2, 0) is 6.42 Å². The Kier molecular flexibility index (Phi) is 3.32. The smallest absolute Gasteiger partial charge is 0.189 e. The number of aromatic amines is 1. The molecule has 2 heterocycles. The van der Waals surface area contributed by atoms with Crippen molar-refractivity contribution in [3.05, 3.63) is 18.2 Å². The van der Waals surface area contributed by atoms with Gasteiger partial charge in [-0.25, -0.2) is 20.8 Å².